The number of carbonyl (C=O) groups is 1. The van der Waals surface area contributed by atoms with Gasteiger partial charge in [0.1, 0.15) is 18.1 Å². The van der Waals surface area contributed by atoms with E-state index in [0.717, 1.165) is 35.4 Å². The minimum atomic E-state index is -0.216. The Balaban J connectivity index is 1.81. The third-order valence-corrected chi connectivity index (χ3v) is 4.32. The van der Waals surface area contributed by atoms with E-state index in [4.69, 9.17) is 4.74 Å². The zero-order chi connectivity index (χ0) is 15.8. The van der Waals surface area contributed by atoms with Crippen molar-refractivity contribution in [2.75, 3.05) is 11.9 Å². The van der Waals surface area contributed by atoms with Gasteiger partial charge < -0.3 is 10.1 Å². The van der Waals surface area contributed by atoms with Crippen LogP contribution in [0.2, 0.25) is 0 Å². The molecule has 23 heavy (non-hydrogen) atoms. The van der Waals surface area contributed by atoms with Crippen LogP contribution in [0.5, 0.6) is 5.75 Å². The maximum Gasteiger partial charge on any atom is 0.226 e. The number of Topliss-reactive ketones (excluding diaryl/α,β-unsaturated/α-hetero) is 1. The Morgan fingerprint density at radius 3 is 2.91 bits per heavy atom. The number of hydrogen-bond donors (Lipinski definition) is 1. The lowest BCUT2D eigenvalue weighted by Gasteiger charge is -2.32. The highest BCUT2D eigenvalue weighted by Crippen LogP contribution is 2.39. The Hall–Kier alpha value is -2.63. The molecular weight excluding hydrogens is 292 g/mol. The van der Waals surface area contributed by atoms with Crippen molar-refractivity contribution in [3.63, 3.8) is 0 Å². The van der Waals surface area contributed by atoms with Gasteiger partial charge in [-0.05, 0) is 37.5 Å². The first-order valence-electron chi connectivity index (χ1n) is 7.93. The lowest BCUT2D eigenvalue weighted by Crippen LogP contribution is -2.31. The molecule has 0 unspecified atom stereocenters. The van der Waals surface area contributed by atoms with Gasteiger partial charge in [-0.25, -0.2) is 4.68 Å². The van der Waals surface area contributed by atoms with Crippen LogP contribution in [0, 0.1) is 0 Å². The van der Waals surface area contributed by atoms with Crippen LogP contribution in [0.3, 0.4) is 0 Å². The number of benzene rings is 1. The lowest BCUT2D eigenvalue weighted by atomic mass is 9.85. The van der Waals surface area contributed by atoms with E-state index in [-0.39, 0.29) is 11.8 Å². The molecule has 0 spiro atoms. The molecule has 0 saturated carbocycles. The van der Waals surface area contributed by atoms with Gasteiger partial charge in [-0.15, -0.1) is 0 Å². The van der Waals surface area contributed by atoms with Gasteiger partial charge in [0.25, 0.3) is 0 Å². The second-order valence-corrected chi connectivity index (χ2v) is 5.73. The number of ether oxygens (including phenoxy) is 1. The molecule has 1 aliphatic carbocycles. The fraction of sp³-hybridized carbons (Fsp3) is 0.353. The van der Waals surface area contributed by atoms with Crippen molar-refractivity contribution in [2.45, 2.75) is 32.2 Å². The summed E-state index contributed by atoms with van der Waals surface area (Å²) < 4.78 is 7.29. The molecule has 1 N–H and O–H groups in total. The van der Waals surface area contributed by atoms with E-state index in [0.29, 0.717) is 19.0 Å². The normalized spacial score (nSPS) is 19.9. The fourth-order valence-corrected chi connectivity index (χ4v) is 3.32. The van der Waals surface area contributed by atoms with Crippen molar-refractivity contribution in [3.05, 3.63) is 47.4 Å². The Labute approximate surface area is 134 Å². The van der Waals surface area contributed by atoms with E-state index < -0.39 is 0 Å². The van der Waals surface area contributed by atoms with Crippen molar-refractivity contribution in [1.82, 2.24) is 14.8 Å². The van der Waals surface area contributed by atoms with Crippen LogP contribution in [-0.4, -0.2) is 27.2 Å². The number of ketones is 1. The first-order valence-corrected chi connectivity index (χ1v) is 7.93. The zero-order valence-corrected chi connectivity index (χ0v) is 13.0. The van der Waals surface area contributed by atoms with Gasteiger partial charge in [-0.1, -0.05) is 12.1 Å². The van der Waals surface area contributed by atoms with Gasteiger partial charge in [-0.3, -0.25) is 4.79 Å². The summed E-state index contributed by atoms with van der Waals surface area (Å²) in [6.07, 6.45) is 3.88. The summed E-state index contributed by atoms with van der Waals surface area (Å²) in [7, 11) is 0. The second kappa shape index (κ2) is 5.53. The van der Waals surface area contributed by atoms with E-state index >= 15 is 0 Å². The maximum absolute atomic E-state index is 12.5. The summed E-state index contributed by atoms with van der Waals surface area (Å²) in [5.41, 5.74) is 2.82. The number of hydrogen-bond acceptors (Lipinski definition) is 5. The molecule has 1 aliphatic heterocycles. The SMILES string of the molecule is CCOc1ccc([C@H]2C3=C(CCCC3=O)Nc3ncnn32)cc1. The average molecular weight is 310 g/mol. The first kappa shape index (κ1) is 14.0. The van der Waals surface area contributed by atoms with Crippen LogP contribution in [0.15, 0.2) is 41.9 Å². The van der Waals surface area contributed by atoms with Crippen LogP contribution in [-0.2, 0) is 4.79 Å². The van der Waals surface area contributed by atoms with Crippen LogP contribution < -0.4 is 10.1 Å². The number of fused-ring (bicyclic) bond motifs is 1. The minimum Gasteiger partial charge on any atom is -0.494 e. The highest BCUT2D eigenvalue weighted by molar-refractivity contribution is 5.99. The summed E-state index contributed by atoms with van der Waals surface area (Å²) in [6, 6.07) is 7.65. The van der Waals surface area contributed by atoms with Gasteiger partial charge in [0.15, 0.2) is 5.78 Å². The fourth-order valence-electron chi connectivity index (χ4n) is 3.32. The molecule has 118 valence electrons. The topological polar surface area (TPSA) is 69.0 Å². The van der Waals surface area contributed by atoms with Crippen molar-refractivity contribution < 1.29 is 9.53 Å². The third kappa shape index (κ3) is 2.30. The molecule has 0 fully saturated rings. The van der Waals surface area contributed by atoms with E-state index in [1.54, 1.807) is 4.68 Å². The highest BCUT2D eigenvalue weighted by atomic mass is 16.5. The van der Waals surface area contributed by atoms with Gasteiger partial charge in [0.2, 0.25) is 5.95 Å². The molecule has 4 rings (SSSR count). The van der Waals surface area contributed by atoms with Gasteiger partial charge >= 0.3 is 0 Å². The van der Waals surface area contributed by atoms with E-state index in [2.05, 4.69) is 15.4 Å². The molecule has 1 aromatic heterocycles. The largest absolute Gasteiger partial charge is 0.494 e. The Kier molecular flexibility index (Phi) is 3.37. The minimum absolute atomic E-state index is 0.193. The zero-order valence-electron chi connectivity index (χ0n) is 13.0. The molecule has 2 heterocycles. The molecule has 1 aromatic carbocycles. The Bertz CT molecular complexity index is 776. The van der Waals surface area contributed by atoms with Gasteiger partial charge in [-0.2, -0.15) is 10.1 Å². The quantitative estimate of drug-likeness (QED) is 0.944. The number of rotatable bonds is 3. The number of nitrogens with zero attached hydrogens (tertiary/aromatic N) is 3. The number of aromatic nitrogens is 3. The van der Waals surface area contributed by atoms with Gasteiger partial charge in [0.05, 0.1) is 6.61 Å². The molecule has 0 amide bonds. The summed E-state index contributed by atoms with van der Waals surface area (Å²) in [5.74, 6) is 1.71. The van der Waals surface area contributed by atoms with Crippen LogP contribution in [0.25, 0.3) is 0 Å². The monoisotopic (exact) mass is 310 g/mol. The predicted octanol–water partition coefficient (Wildman–Crippen LogP) is 2.70. The van der Waals surface area contributed by atoms with Crippen LogP contribution in [0.4, 0.5) is 5.95 Å². The summed E-state index contributed by atoms with van der Waals surface area (Å²) in [6.45, 7) is 2.59. The molecule has 0 bridgehead atoms. The smallest absolute Gasteiger partial charge is 0.226 e. The van der Waals surface area contributed by atoms with Crippen molar-refractivity contribution >= 4 is 11.7 Å². The summed E-state index contributed by atoms with van der Waals surface area (Å²) in [4.78, 5) is 16.8. The number of allylic oxidation sites excluding steroid dienone is 2. The molecule has 1 atom stereocenters. The van der Waals surface area contributed by atoms with Crippen LogP contribution >= 0.6 is 0 Å². The molecule has 2 aromatic rings. The Morgan fingerprint density at radius 1 is 1.30 bits per heavy atom. The third-order valence-electron chi connectivity index (χ3n) is 4.32. The van der Waals surface area contributed by atoms with E-state index in [9.17, 15) is 4.79 Å². The van der Waals surface area contributed by atoms with Crippen molar-refractivity contribution in [3.8, 4) is 5.75 Å². The van der Waals surface area contributed by atoms with E-state index in [1.807, 2.05) is 31.2 Å². The summed E-state index contributed by atoms with van der Waals surface area (Å²) in [5, 5.41) is 7.59. The van der Waals surface area contributed by atoms with Crippen LogP contribution in [0.1, 0.15) is 37.8 Å². The molecule has 6 nitrogen and oxygen atoms in total. The second-order valence-electron chi connectivity index (χ2n) is 5.73. The van der Waals surface area contributed by atoms with E-state index in [1.165, 1.54) is 6.33 Å². The average Bonchev–Trinajstić information content (AvgIpc) is 3.02. The lowest BCUT2D eigenvalue weighted by molar-refractivity contribution is -0.116. The number of carbonyl (C=O) groups excluding carboxylic acids is 1. The number of anilines is 1. The summed E-state index contributed by atoms with van der Waals surface area (Å²) >= 11 is 0. The molecule has 6 heteroatoms. The predicted molar refractivity (Wildman–Crippen MR) is 85.3 cm³/mol. The van der Waals surface area contributed by atoms with Crippen molar-refractivity contribution in [1.29, 1.82) is 0 Å². The molecule has 2 aliphatic rings. The molecule has 0 saturated heterocycles. The molecule has 0 radical (unpaired) electrons. The van der Waals surface area contributed by atoms with Gasteiger partial charge in [0, 0.05) is 17.7 Å². The van der Waals surface area contributed by atoms with Crippen molar-refractivity contribution in [2.24, 2.45) is 0 Å². The maximum atomic E-state index is 12.5. The highest BCUT2D eigenvalue weighted by Gasteiger charge is 2.35. The Morgan fingerprint density at radius 2 is 2.13 bits per heavy atom. The first-order chi connectivity index (χ1) is 11.3. The standard InChI is InChI=1S/C17H18N4O2/c1-2-23-12-8-6-11(7-9-12)16-15-13(4-3-5-14(15)22)20-17-18-10-19-21(16)17/h6-10,16H,2-5H2,1H3,(H,18,19,20)/t16-/m0/s1. The molecular formula is C17H18N4O2. The number of nitrogens with one attached hydrogen (secondary N) is 1.